The molecule has 5 rings (SSSR count). The highest BCUT2D eigenvalue weighted by molar-refractivity contribution is 6.07. The van der Waals surface area contributed by atoms with Crippen molar-refractivity contribution in [2.24, 2.45) is 0 Å². The molecule has 3 aromatic heterocycles. The first-order valence-corrected chi connectivity index (χ1v) is 13.0. The molecule has 0 bridgehead atoms. The van der Waals surface area contributed by atoms with E-state index >= 15 is 0 Å². The van der Waals surface area contributed by atoms with E-state index in [-0.39, 0.29) is 52.7 Å². The maximum Gasteiger partial charge on any atom is 0.416 e. The Hall–Kier alpha value is -5.52. The molecule has 12 heteroatoms. The molecule has 0 atom stereocenters. The van der Waals surface area contributed by atoms with E-state index in [0.717, 1.165) is 12.1 Å². The van der Waals surface area contributed by atoms with Crippen molar-refractivity contribution < 1.29 is 33.0 Å². The number of carboxylic acids is 1. The number of hydrogen-bond donors (Lipinski definition) is 4. The van der Waals surface area contributed by atoms with E-state index in [1.54, 1.807) is 42.5 Å². The van der Waals surface area contributed by atoms with Crippen LogP contribution in [0.3, 0.4) is 0 Å². The van der Waals surface area contributed by atoms with Gasteiger partial charge in [-0.25, -0.2) is 4.98 Å². The fourth-order valence-corrected chi connectivity index (χ4v) is 4.80. The van der Waals surface area contributed by atoms with Crippen LogP contribution in [0, 0.1) is 0 Å². The number of rotatable bonds is 8. The lowest BCUT2D eigenvalue weighted by molar-refractivity contribution is -0.138. The second-order valence-electron chi connectivity index (χ2n) is 9.60. The number of aromatic amines is 1. The van der Waals surface area contributed by atoms with Gasteiger partial charge in [-0.05, 0) is 47.4 Å². The van der Waals surface area contributed by atoms with Crippen LogP contribution in [-0.2, 0) is 17.4 Å². The molecule has 0 radical (unpaired) electrons. The van der Waals surface area contributed by atoms with Crippen LogP contribution in [0.25, 0.3) is 33.3 Å². The van der Waals surface area contributed by atoms with Crippen LogP contribution in [0.5, 0.6) is 5.75 Å². The third-order valence-corrected chi connectivity index (χ3v) is 6.72. The zero-order valence-corrected chi connectivity index (χ0v) is 22.3. The predicted octanol–water partition coefficient (Wildman–Crippen LogP) is 5.17. The molecule has 0 saturated heterocycles. The SMILES string of the molecule is O=C(O)CCNC(=O)c1nc(-c2cccnc2)c2[nH]c(=O)c(-c3cccc(C(F)(F)F)c3)c(Cc3ccccc3)c2c1O. The van der Waals surface area contributed by atoms with E-state index in [0.29, 0.717) is 11.1 Å². The molecule has 0 spiro atoms. The molecular formula is C31H23F3N4O5. The lowest BCUT2D eigenvalue weighted by Crippen LogP contribution is -2.27. The molecule has 2 aromatic carbocycles. The first-order chi connectivity index (χ1) is 20.5. The molecule has 0 unspecified atom stereocenters. The monoisotopic (exact) mass is 588 g/mol. The summed E-state index contributed by atoms with van der Waals surface area (Å²) in [5.41, 5.74) is -1.01. The van der Waals surface area contributed by atoms with Gasteiger partial charge < -0.3 is 20.5 Å². The molecule has 0 saturated carbocycles. The van der Waals surface area contributed by atoms with Crippen LogP contribution in [0.1, 0.15) is 33.6 Å². The lowest BCUT2D eigenvalue weighted by Gasteiger charge is -2.18. The molecule has 0 aliphatic rings. The number of carboxylic acid groups (broad SMARTS) is 1. The largest absolute Gasteiger partial charge is 0.505 e. The zero-order valence-electron chi connectivity index (χ0n) is 22.3. The highest BCUT2D eigenvalue weighted by atomic mass is 19.4. The Balaban J connectivity index is 1.86. The Labute approximate surface area is 241 Å². The van der Waals surface area contributed by atoms with Gasteiger partial charge in [-0.3, -0.25) is 19.4 Å². The summed E-state index contributed by atoms with van der Waals surface area (Å²) in [5.74, 6) is -2.67. The molecule has 218 valence electrons. The van der Waals surface area contributed by atoms with Crippen LogP contribution in [0.15, 0.2) is 83.9 Å². The summed E-state index contributed by atoms with van der Waals surface area (Å²) >= 11 is 0. The first kappa shape index (κ1) is 29.0. The van der Waals surface area contributed by atoms with E-state index in [1.165, 1.54) is 24.5 Å². The minimum Gasteiger partial charge on any atom is -0.505 e. The Morgan fingerprint density at radius 2 is 1.72 bits per heavy atom. The molecular weight excluding hydrogens is 565 g/mol. The topological polar surface area (TPSA) is 145 Å². The number of benzene rings is 2. The third-order valence-electron chi connectivity index (χ3n) is 6.72. The van der Waals surface area contributed by atoms with Crippen LogP contribution in [0.2, 0.25) is 0 Å². The minimum atomic E-state index is -4.68. The van der Waals surface area contributed by atoms with Crippen molar-refractivity contribution in [2.45, 2.75) is 19.0 Å². The Bertz CT molecular complexity index is 1890. The van der Waals surface area contributed by atoms with Crippen molar-refractivity contribution in [1.82, 2.24) is 20.3 Å². The van der Waals surface area contributed by atoms with Crippen molar-refractivity contribution in [3.05, 3.63) is 112 Å². The summed E-state index contributed by atoms with van der Waals surface area (Å²) in [4.78, 5) is 49.0. The molecule has 5 aromatic rings. The van der Waals surface area contributed by atoms with Gasteiger partial charge in [0.2, 0.25) is 0 Å². The Kier molecular flexibility index (Phi) is 7.93. The van der Waals surface area contributed by atoms with E-state index in [1.807, 2.05) is 0 Å². The number of aromatic nitrogens is 3. The average Bonchev–Trinajstić information content (AvgIpc) is 2.97. The van der Waals surface area contributed by atoms with E-state index in [4.69, 9.17) is 5.11 Å². The number of amides is 1. The Morgan fingerprint density at radius 3 is 2.40 bits per heavy atom. The fraction of sp³-hybridized carbons (Fsp3) is 0.129. The number of fused-ring (bicyclic) bond motifs is 1. The molecule has 9 nitrogen and oxygen atoms in total. The van der Waals surface area contributed by atoms with E-state index in [9.17, 15) is 32.7 Å². The average molecular weight is 589 g/mol. The molecule has 0 aliphatic carbocycles. The summed E-state index contributed by atoms with van der Waals surface area (Å²) in [6.07, 6.45) is -2.14. The number of aromatic hydroxyl groups is 1. The van der Waals surface area contributed by atoms with Gasteiger partial charge in [0.25, 0.3) is 11.5 Å². The molecule has 0 aliphatic heterocycles. The summed E-state index contributed by atoms with van der Waals surface area (Å²) in [6, 6.07) is 16.3. The number of alkyl halides is 3. The van der Waals surface area contributed by atoms with Crippen LogP contribution in [-0.4, -0.2) is 43.6 Å². The van der Waals surface area contributed by atoms with Crippen molar-refractivity contribution in [3.63, 3.8) is 0 Å². The van der Waals surface area contributed by atoms with Gasteiger partial charge in [-0.1, -0.05) is 42.5 Å². The number of pyridine rings is 3. The summed E-state index contributed by atoms with van der Waals surface area (Å²) < 4.78 is 41.0. The molecule has 0 fully saturated rings. The van der Waals surface area contributed by atoms with Gasteiger partial charge in [0.15, 0.2) is 11.4 Å². The van der Waals surface area contributed by atoms with Gasteiger partial charge in [0, 0.05) is 29.9 Å². The second kappa shape index (κ2) is 11.8. The van der Waals surface area contributed by atoms with Crippen LogP contribution >= 0.6 is 0 Å². The number of aliphatic carboxylic acids is 1. The Morgan fingerprint density at radius 1 is 0.977 bits per heavy atom. The maximum absolute atomic E-state index is 13.7. The standard InChI is InChI=1S/C31H23F3N4O5/c32-31(33,34)20-10-4-8-18(15-20)23-21(14-17-6-2-1-3-7-17)24-26(38-29(23)42)25(19-9-5-12-35-16-19)37-27(28(24)41)30(43)36-13-11-22(39)40/h1-10,12,15-16,41H,11,13-14H2,(H,36,43)(H,38,42)(H,39,40). The molecule has 1 amide bonds. The van der Waals surface area contributed by atoms with Gasteiger partial charge in [-0.15, -0.1) is 0 Å². The van der Waals surface area contributed by atoms with Gasteiger partial charge in [-0.2, -0.15) is 13.2 Å². The van der Waals surface area contributed by atoms with Crippen LogP contribution < -0.4 is 10.9 Å². The van der Waals surface area contributed by atoms with Crippen molar-refractivity contribution in [3.8, 4) is 28.1 Å². The highest BCUT2D eigenvalue weighted by Gasteiger charge is 2.32. The van der Waals surface area contributed by atoms with Gasteiger partial charge in [0.05, 0.1) is 28.8 Å². The summed E-state index contributed by atoms with van der Waals surface area (Å²) in [5, 5.41) is 22.9. The number of halogens is 3. The summed E-state index contributed by atoms with van der Waals surface area (Å²) in [7, 11) is 0. The minimum absolute atomic E-state index is 0.00301. The smallest absolute Gasteiger partial charge is 0.416 e. The van der Waals surface area contributed by atoms with Crippen LogP contribution in [0.4, 0.5) is 13.2 Å². The van der Waals surface area contributed by atoms with Crippen molar-refractivity contribution >= 4 is 22.8 Å². The van der Waals surface area contributed by atoms with Crippen molar-refractivity contribution in [1.29, 1.82) is 0 Å². The number of H-pyrrole nitrogens is 1. The first-order valence-electron chi connectivity index (χ1n) is 13.0. The number of carbonyl (C=O) groups excluding carboxylic acids is 1. The lowest BCUT2D eigenvalue weighted by atomic mass is 9.90. The molecule has 3 heterocycles. The van der Waals surface area contributed by atoms with E-state index < -0.39 is 40.6 Å². The van der Waals surface area contributed by atoms with Crippen molar-refractivity contribution in [2.75, 3.05) is 6.54 Å². The number of hydrogen-bond acceptors (Lipinski definition) is 6. The van der Waals surface area contributed by atoms with Gasteiger partial charge >= 0.3 is 12.1 Å². The maximum atomic E-state index is 13.7. The fourth-order valence-electron chi connectivity index (χ4n) is 4.80. The highest BCUT2D eigenvalue weighted by Crippen LogP contribution is 2.40. The van der Waals surface area contributed by atoms with Gasteiger partial charge in [0.1, 0.15) is 0 Å². The quantitative estimate of drug-likeness (QED) is 0.196. The normalized spacial score (nSPS) is 11.4. The van der Waals surface area contributed by atoms with E-state index in [2.05, 4.69) is 20.3 Å². The predicted molar refractivity (Wildman–Crippen MR) is 152 cm³/mol. The number of nitrogens with zero attached hydrogens (tertiary/aromatic N) is 2. The molecule has 43 heavy (non-hydrogen) atoms. The molecule has 4 N–H and O–H groups in total. The number of carbonyl (C=O) groups is 2. The second-order valence-corrected chi connectivity index (χ2v) is 9.60. The summed E-state index contributed by atoms with van der Waals surface area (Å²) in [6.45, 7) is -0.256. The third kappa shape index (κ3) is 6.08. The zero-order chi connectivity index (χ0) is 30.7. The number of nitrogens with one attached hydrogen (secondary N) is 2.